The third kappa shape index (κ3) is 4.10. The number of nitrogens with one attached hydrogen (secondary N) is 1. The zero-order valence-corrected chi connectivity index (χ0v) is 12.6. The molecule has 6 nitrogen and oxygen atoms in total. The Morgan fingerprint density at radius 3 is 2.71 bits per heavy atom. The lowest BCUT2D eigenvalue weighted by Gasteiger charge is -2.15. The van der Waals surface area contributed by atoms with Gasteiger partial charge in [-0.3, -0.25) is 4.98 Å². The predicted octanol–water partition coefficient (Wildman–Crippen LogP) is 0.0896. The molecule has 0 saturated carbocycles. The predicted molar refractivity (Wildman–Crippen MR) is 80.9 cm³/mol. The van der Waals surface area contributed by atoms with Gasteiger partial charge in [0.1, 0.15) is 5.25 Å². The molecule has 8 heteroatoms. The molecular weight excluding hydrogens is 312 g/mol. The van der Waals surface area contributed by atoms with Gasteiger partial charge >= 0.3 is 0 Å². The summed E-state index contributed by atoms with van der Waals surface area (Å²) < 4.78 is 48.9. The molecule has 0 radical (unpaired) electrons. The number of sulfonamides is 1. The van der Waals surface area contributed by atoms with Crippen LogP contribution in [-0.4, -0.2) is 38.5 Å². The van der Waals surface area contributed by atoms with Crippen LogP contribution in [0.2, 0.25) is 0 Å². The average Bonchev–Trinajstić information content (AvgIpc) is 2.48. The summed E-state index contributed by atoms with van der Waals surface area (Å²) in [4.78, 5) is 3.93. The maximum absolute atomic E-state index is 12.2. The van der Waals surface area contributed by atoms with E-state index in [1.54, 1.807) is 18.3 Å². The number of nitrogens with zero attached hydrogens (tertiary/aromatic N) is 1. The summed E-state index contributed by atoms with van der Waals surface area (Å²) in [7, 11) is -6.37. The molecule has 0 aromatic carbocycles. The van der Waals surface area contributed by atoms with Crippen molar-refractivity contribution in [2.24, 2.45) is 0 Å². The van der Waals surface area contributed by atoms with E-state index in [-0.39, 0.29) is 11.4 Å². The zero-order valence-electron chi connectivity index (χ0n) is 11.0. The van der Waals surface area contributed by atoms with Crippen LogP contribution in [-0.2, 0) is 26.7 Å². The molecule has 1 N–H and O–H groups in total. The van der Waals surface area contributed by atoms with Crippen molar-refractivity contribution in [1.29, 1.82) is 0 Å². The summed E-state index contributed by atoms with van der Waals surface area (Å²) in [6.07, 6.45) is 7.69. The lowest BCUT2D eigenvalue weighted by Crippen LogP contribution is -2.39. The maximum Gasteiger partial charge on any atom is 0.223 e. The topological polar surface area (TPSA) is 93.2 Å². The summed E-state index contributed by atoms with van der Waals surface area (Å²) in [5.74, 6) is 0. The van der Waals surface area contributed by atoms with Crippen molar-refractivity contribution in [2.75, 3.05) is 6.54 Å². The fourth-order valence-electron chi connectivity index (χ4n) is 1.87. The lowest BCUT2D eigenvalue weighted by molar-refractivity contribution is 0.580. The Hall–Kier alpha value is -1.77. The normalized spacial score (nSPS) is 17.9. The summed E-state index contributed by atoms with van der Waals surface area (Å²) in [5.41, 5.74) is 0.760. The molecule has 0 amide bonds. The highest BCUT2D eigenvalue weighted by Gasteiger charge is 2.28. The SMILES string of the molecule is O=S(=O)=C1C=CC=CC1S(=O)(=O)NCCc1ccccn1. The number of rotatable bonds is 5. The standard InChI is InChI=1S/C13H14N2O4S2/c16-20(17)12-6-1-2-7-13(12)21(18,19)15-10-8-11-5-3-4-9-14-11/h1-7,9,13,15H,8,10H2. The van der Waals surface area contributed by atoms with E-state index in [0.29, 0.717) is 6.42 Å². The first-order valence-electron chi connectivity index (χ1n) is 6.20. The van der Waals surface area contributed by atoms with Crippen molar-refractivity contribution < 1.29 is 16.8 Å². The highest BCUT2D eigenvalue weighted by Crippen LogP contribution is 2.09. The third-order valence-corrected chi connectivity index (χ3v) is 5.49. The van der Waals surface area contributed by atoms with Gasteiger partial charge in [-0.1, -0.05) is 24.3 Å². The van der Waals surface area contributed by atoms with Crippen molar-refractivity contribution in [3.8, 4) is 0 Å². The molecule has 0 bridgehead atoms. The highest BCUT2D eigenvalue weighted by atomic mass is 32.2. The van der Waals surface area contributed by atoms with Gasteiger partial charge in [0.25, 0.3) is 0 Å². The molecule has 1 unspecified atom stereocenters. The van der Waals surface area contributed by atoms with Crippen molar-refractivity contribution >= 4 is 25.2 Å². The molecule has 1 aromatic heterocycles. The van der Waals surface area contributed by atoms with E-state index in [4.69, 9.17) is 0 Å². The van der Waals surface area contributed by atoms with Gasteiger partial charge in [-0.2, -0.15) is 8.42 Å². The van der Waals surface area contributed by atoms with Crippen LogP contribution in [0.25, 0.3) is 0 Å². The first kappa shape index (κ1) is 15.6. The van der Waals surface area contributed by atoms with Crippen molar-refractivity contribution in [2.45, 2.75) is 11.7 Å². The van der Waals surface area contributed by atoms with Crippen molar-refractivity contribution in [3.63, 3.8) is 0 Å². The second kappa shape index (κ2) is 6.79. The van der Waals surface area contributed by atoms with Crippen LogP contribution in [0.5, 0.6) is 0 Å². The van der Waals surface area contributed by atoms with Gasteiger partial charge in [0, 0.05) is 24.9 Å². The number of hydrogen-bond acceptors (Lipinski definition) is 5. The van der Waals surface area contributed by atoms with E-state index in [1.807, 2.05) is 6.07 Å². The Balaban J connectivity index is 2.07. The highest BCUT2D eigenvalue weighted by molar-refractivity contribution is 7.92. The zero-order chi connectivity index (χ0) is 15.3. The summed E-state index contributed by atoms with van der Waals surface area (Å²) >= 11 is 0. The van der Waals surface area contributed by atoms with Gasteiger partial charge in [-0.05, 0) is 18.2 Å². The molecule has 0 spiro atoms. The van der Waals surface area contributed by atoms with E-state index in [2.05, 4.69) is 9.71 Å². The van der Waals surface area contributed by atoms with E-state index < -0.39 is 25.6 Å². The molecular formula is C13H14N2O4S2. The monoisotopic (exact) mass is 326 g/mol. The third-order valence-electron chi connectivity index (χ3n) is 2.88. The van der Waals surface area contributed by atoms with Gasteiger partial charge < -0.3 is 0 Å². The molecule has 2 rings (SSSR count). The Labute approximate surface area is 124 Å². The van der Waals surface area contributed by atoms with Crippen LogP contribution in [0, 0.1) is 0 Å². The van der Waals surface area contributed by atoms with Crippen LogP contribution in [0.4, 0.5) is 0 Å². The smallest absolute Gasteiger partial charge is 0.223 e. The number of aromatic nitrogens is 1. The molecule has 1 aliphatic carbocycles. The van der Waals surface area contributed by atoms with Crippen LogP contribution < -0.4 is 4.72 Å². The van der Waals surface area contributed by atoms with E-state index in [1.165, 1.54) is 24.3 Å². The lowest BCUT2D eigenvalue weighted by atomic mass is 10.2. The fourth-order valence-corrected chi connectivity index (χ4v) is 4.19. The largest absolute Gasteiger partial charge is 0.261 e. The first-order chi connectivity index (χ1) is 10.0. The summed E-state index contributed by atoms with van der Waals surface area (Å²) in [6, 6.07) is 5.39. The van der Waals surface area contributed by atoms with Crippen molar-refractivity contribution in [1.82, 2.24) is 9.71 Å². The van der Waals surface area contributed by atoms with E-state index >= 15 is 0 Å². The molecule has 1 heterocycles. The minimum absolute atomic E-state index is 0.159. The maximum atomic E-state index is 12.2. The molecule has 0 aliphatic heterocycles. The van der Waals surface area contributed by atoms with Gasteiger partial charge in [-0.15, -0.1) is 0 Å². The Morgan fingerprint density at radius 1 is 1.24 bits per heavy atom. The molecule has 1 aromatic rings. The van der Waals surface area contributed by atoms with Gasteiger partial charge in [0.05, 0.1) is 4.86 Å². The van der Waals surface area contributed by atoms with Gasteiger partial charge in [-0.25, -0.2) is 13.1 Å². The number of hydrogen-bond donors (Lipinski definition) is 1. The first-order valence-corrected chi connectivity index (χ1v) is 8.82. The number of pyridine rings is 1. The Morgan fingerprint density at radius 2 is 2.05 bits per heavy atom. The summed E-state index contributed by atoms with van der Waals surface area (Å²) in [5, 5.41) is -1.19. The Bertz CT molecular complexity index is 786. The molecule has 1 aliphatic rings. The fraction of sp³-hybridized carbons (Fsp3) is 0.231. The van der Waals surface area contributed by atoms with Crippen LogP contribution in [0.3, 0.4) is 0 Å². The van der Waals surface area contributed by atoms with Crippen LogP contribution in [0.15, 0.2) is 48.7 Å². The van der Waals surface area contributed by atoms with E-state index in [9.17, 15) is 16.8 Å². The minimum Gasteiger partial charge on any atom is -0.261 e. The second-order valence-corrected chi connectivity index (χ2v) is 7.14. The quantitative estimate of drug-likeness (QED) is 0.774. The van der Waals surface area contributed by atoms with Crippen LogP contribution >= 0.6 is 0 Å². The Kier molecular flexibility index (Phi) is 5.05. The van der Waals surface area contributed by atoms with Gasteiger partial charge in [0.2, 0.25) is 20.3 Å². The minimum atomic E-state index is -3.79. The van der Waals surface area contributed by atoms with E-state index in [0.717, 1.165) is 5.69 Å². The molecule has 0 saturated heterocycles. The molecule has 21 heavy (non-hydrogen) atoms. The van der Waals surface area contributed by atoms with Crippen molar-refractivity contribution in [3.05, 3.63) is 54.4 Å². The summed E-state index contributed by atoms with van der Waals surface area (Å²) in [6.45, 7) is 0.159. The molecule has 1 atom stereocenters. The average molecular weight is 326 g/mol. The molecule has 112 valence electrons. The van der Waals surface area contributed by atoms with Crippen LogP contribution in [0.1, 0.15) is 5.69 Å². The second-order valence-electron chi connectivity index (χ2n) is 4.31. The molecule has 0 fully saturated rings. The van der Waals surface area contributed by atoms with Gasteiger partial charge in [0.15, 0.2) is 0 Å². The number of allylic oxidation sites excluding steroid dienone is 3.